The molecule has 0 saturated carbocycles. The number of H-pyrrole nitrogens is 3. The highest BCUT2D eigenvalue weighted by Gasteiger charge is 2.15. The number of rotatable bonds is 2. The summed E-state index contributed by atoms with van der Waals surface area (Å²) in [5.74, 6) is 0. The van der Waals surface area contributed by atoms with Crippen LogP contribution in [-0.4, -0.2) is 21.4 Å². The van der Waals surface area contributed by atoms with Crippen LogP contribution < -0.4 is 5.56 Å². The minimum Gasteiger partial charge on any atom is -0.360 e. The zero-order chi connectivity index (χ0) is 14.2. The number of aliphatic imine (C=N–C) groups is 1. The molecule has 3 aromatic rings. The van der Waals surface area contributed by atoms with Crippen LogP contribution in [0.25, 0.3) is 23.0 Å². The van der Waals surface area contributed by atoms with Gasteiger partial charge >= 0.3 is 0 Å². The molecule has 5 nitrogen and oxygen atoms in total. The monoisotopic (exact) mass is 276 g/mol. The van der Waals surface area contributed by atoms with E-state index in [0.717, 1.165) is 28.2 Å². The Morgan fingerprint density at radius 3 is 2.81 bits per heavy atom. The third-order valence-corrected chi connectivity index (χ3v) is 3.54. The average Bonchev–Trinajstić information content (AvgIpc) is 3.21. The van der Waals surface area contributed by atoms with Crippen LogP contribution in [0.2, 0.25) is 0 Å². The molecular weight excluding hydrogens is 264 g/mol. The predicted octanol–water partition coefficient (Wildman–Crippen LogP) is 2.95. The molecule has 0 saturated heterocycles. The summed E-state index contributed by atoms with van der Waals surface area (Å²) in [6.45, 7) is 0. The van der Waals surface area contributed by atoms with E-state index in [4.69, 9.17) is 0 Å². The number of aromatic amines is 3. The molecule has 3 heterocycles. The molecule has 0 spiro atoms. The number of para-hydroxylation sites is 1. The fraction of sp³-hybridized carbons (Fsp3) is 0. The number of aromatic nitrogens is 3. The smallest absolute Gasteiger partial charge is 0.271 e. The van der Waals surface area contributed by atoms with Crippen molar-refractivity contribution in [1.29, 1.82) is 0 Å². The molecular formula is C16H12N4O. The number of hydrogen-bond acceptors (Lipinski definition) is 2. The summed E-state index contributed by atoms with van der Waals surface area (Å²) in [4.78, 5) is 19.5. The zero-order valence-corrected chi connectivity index (χ0v) is 11.1. The first-order valence-corrected chi connectivity index (χ1v) is 6.62. The third kappa shape index (κ3) is 1.87. The molecule has 102 valence electrons. The molecule has 3 N–H and O–H groups in total. The molecule has 0 unspecified atom stereocenters. The van der Waals surface area contributed by atoms with Gasteiger partial charge in [0.15, 0.2) is 0 Å². The van der Waals surface area contributed by atoms with Crippen LogP contribution in [0.4, 0.5) is 5.69 Å². The van der Waals surface area contributed by atoms with Gasteiger partial charge in [0.1, 0.15) is 0 Å². The zero-order valence-electron chi connectivity index (χ0n) is 11.1. The van der Waals surface area contributed by atoms with Crippen LogP contribution in [0.15, 0.2) is 52.4 Å². The van der Waals surface area contributed by atoms with Crippen LogP contribution in [0, 0.1) is 0 Å². The minimum atomic E-state index is -0.148. The van der Waals surface area contributed by atoms with Crippen LogP contribution in [-0.2, 0) is 0 Å². The number of benzene rings is 1. The fourth-order valence-corrected chi connectivity index (χ4v) is 2.51. The maximum atomic E-state index is 12.0. The van der Waals surface area contributed by atoms with E-state index in [-0.39, 0.29) is 5.56 Å². The maximum Gasteiger partial charge on any atom is 0.271 e. The fourth-order valence-electron chi connectivity index (χ4n) is 2.51. The first kappa shape index (κ1) is 11.7. The van der Waals surface area contributed by atoms with Gasteiger partial charge in [-0.3, -0.25) is 20.0 Å². The topological polar surface area (TPSA) is 76.8 Å². The molecule has 5 heteroatoms. The number of fused-ring (bicyclic) bond motifs is 1. The van der Waals surface area contributed by atoms with Crippen LogP contribution >= 0.6 is 0 Å². The van der Waals surface area contributed by atoms with Gasteiger partial charge in [0.2, 0.25) is 0 Å². The van der Waals surface area contributed by atoms with E-state index in [1.165, 1.54) is 0 Å². The van der Waals surface area contributed by atoms with E-state index in [1.807, 2.05) is 48.7 Å². The molecule has 1 aliphatic rings. The van der Waals surface area contributed by atoms with Gasteiger partial charge in [-0.15, -0.1) is 0 Å². The van der Waals surface area contributed by atoms with E-state index in [2.05, 4.69) is 20.2 Å². The highest BCUT2D eigenvalue weighted by molar-refractivity contribution is 6.21. The highest BCUT2D eigenvalue weighted by Crippen LogP contribution is 2.32. The molecule has 2 aromatic heterocycles. The summed E-state index contributed by atoms with van der Waals surface area (Å²) in [5, 5.41) is 5.55. The first-order chi connectivity index (χ1) is 10.3. The summed E-state index contributed by atoms with van der Waals surface area (Å²) < 4.78 is 0. The van der Waals surface area contributed by atoms with Crippen molar-refractivity contribution in [2.24, 2.45) is 4.99 Å². The Hall–Kier alpha value is -3.08. The second-order valence-corrected chi connectivity index (χ2v) is 4.83. The van der Waals surface area contributed by atoms with E-state index in [9.17, 15) is 4.79 Å². The van der Waals surface area contributed by atoms with Crippen molar-refractivity contribution < 1.29 is 0 Å². The lowest BCUT2D eigenvalue weighted by Gasteiger charge is -1.99. The van der Waals surface area contributed by atoms with E-state index < -0.39 is 0 Å². The Morgan fingerprint density at radius 1 is 1.05 bits per heavy atom. The van der Waals surface area contributed by atoms with E-state index >= 15 is 0 Å². The highest BCUT2D eigenvalue weighted by atomic mass is 16.1. The molecule has 0 amide bonds. The summed E-state index contributed by atoms with van der Waals surface area (Å²) in [5.41, 5.74) is 4.95. The van der Waals surface area contributed by atoms with Gasteiger partial charge in [-0.1, -0.05) is 18.2 Å². The molecule has 1 aromatic carbocycles. The lowest BCUT2D eigenvalue weighted by molar-refractivity contribution is 1.06. The third-order valence-electron chi connectivity index (χ3n) is 3.54. The SMILES string of the molecule is O=c1[nH][nH]c(-c2ccc[nH]2)c1C=C1C=Nc2ccccc21. The van der Waals surface area contributed by atoms with Gasteiger partial charge in [-0.05, 0) is 24.3 Å². The van der Waals surface area contributed by atoms with Crippen LogP contribution in [0.5, 0.6) is 0 Å². The van der Waals surface area contributed by atoms with E-state index in [0.29, 0.717) is 5.56 Å². The Morgan fingerprint density at radius 2 is 1.95 bits per heavy atom. The Bertz CT molecular complexity index is 910. The van der Waals surface area contributed by atoms with Crippen molar-refractivity contribution in [3.8, 4) is 11.4 Å². The number of nitrogens with one attached hydrogen (secondary N) is 3. The minimum absolute atomic E-state index is 0.148. The molecule has 21 heavy (non-hydrogen) atoms. The first-order valence-electron chi connectivity index (χ1n) is 6.62. The average molecular weight is 276 g/mol. The molecule has 0 atom stereocenters. The lowest BCUT2D eigenvalue weighted by atomic mass is 10.0. The van der Waals surface area contributed by atoms with Crippen LogP contribution in [0.3, 0.4) is 0 Å². The number of nitrogens with zero attached hydrogens (tertiary/aromatic N) is 1. The van der Waals surface area contributed by atoms with Gasteiger partial charge in [-0.2, -0.15) is 0 Å². The van der Waals surface area contributed by atoms with Gasteiger partial charge < -0.3 is 4.98 Å². The van der Waals surface area contributed by atoms with Gasteiger partial charge in [0.05, 0.1) is 22.6 Å². The quantitative estimate of drug-likeness (QED) is 0.661. The normalized spacial score (nSPS) is 14.8. The lowest BCUT2D eigenvalue weighted by Crippen LogP contribution is -2.02. The van der Waals surface area contributed by atoms with Crippen molar-refractivity contribution in [1.82, 2.24) is 15.2 Å². The summed E-state index contributed by atoms with van der Waals surface area (Å²) in [6.07, 6.45) is 5.47. The second-order valence-electron chi connectivity index (χ2n) is 4.83. The summed E-state index contributed by atoms with van der Waals surface area (Å²) >= 11 is 0. The molecule has 1 aliphatic heterocycles. The van der Waals surface area contributed by atoms with Crippen molar-refractivity contribution in [3.63, 3.8) is 0 Å². The number of hydrogen-bond donors (Lipinski definition) is 3. The van der Waals surface area contributed by atoms with Crippen molar-refractivity contribution in [2.45, 2.75) is 0 Å². The molecule has 0 radical (unpaired) electrons. The van der Waals surface area contributed by atoms with Gasteiger partial charge in [0.25, 0.3) is 5.56 Å². The van der Waals surface area contributed by atoms with Gasteiger partial charge in [0, 0.05) is 23.5 Å². The largest absolute Gasteiger partial charge is 0.360 e. The van der Waals surface area contributed by atoms with Crippen LogP contribution in [0.1, 0.15) is 11.1 Å². The number of allylic oxidation sites excluding steroid dienone is 1. The Labute approximate surface area is 120 Å². The molecule has 0 aliphatic carbocycles. The Balaban J connectivity index is 1.87. The maximum absolute atomic E-state index is 12.0. The summed E-state index contributed by atoms with van der Waals surface area (Å²) in [6, 6.07) is 11.7. The van der Waals surface area contributed by atoms with Crippen molar-refractivity contribution in [3.05, 3.63) is 64.1 Å². The van der Waals surface area contributed by atoms with E-state index in [1.54, 1.807) is 6.21 Å². The van der Waals surface area contributed by atoms with Crippen molar-refractivity contribution >= 4 is 23.6 Å². The molecule has 0 fully saturated rings. The predicted molar refractivity (Wildman–Crippen MR) is 83.7 cm³/mol. The molecule has 4 rings (SSSR count). The standard InChI is InChI=1S/C16H12N4O/c21-16-12(15(19-20-16)14-6-3-7-17-14)8-10-9-18-13-5-2-1-4-11(10)13/h1-9,17H,(H2,19,20,21). The van der Waals surface area contributed by atoms with Gasteiger partial charge in [-0.25, -0.2) is 0 Å². The summed E-state index contributed by atoms with van der Waals surface area (Å²) in [7, 11) is 0. The van der Waals surface area contributed by atoms with Crippen molar-refractivity contribution in [2.75, 3.05) is 0 Å². The second kappa shape index (κ2) is 4.49. The Kier molecular flexibility index (Phi) is 2.50. The molecule has 0 bridgehead atoms.